The highest BCUT2D eigenvalue weighted by molar-refractivity contribution is 5.90. The topological polar surface area (TPSA) is 128 Å². The Morgan fingerprint density at radius 2 is 1.64 bits per heavy atom. The molecule has 0 aromatic heterocycles. The quantitative estimate of drug-likeness (QED) is 0.323. The van der Waals surface area contributed by atoms with Gasteiger partial charge in [0.15, 0.2) is 6.29 Å². The van der Waals surface area contributed by atoms with Crippen LogP contribution >= 0.6 is 0 Å². The van der Waals surface area contributed by atoms with Gasteiger partial charge in [-0.1, -0.05) is 79.7 Å². The van der Waals surface area contributed by atoms with Crippen molar-refractivity contribution >= 4 is 22.6 Å². The zero-order valence-electron chi connectivity index (χ0n) is 20.1. The van der Waals surface area contributed by atoms with Crippen molar-refractivity contribution in [2.75, 3.05) is 6.61 Å². The number of aliphatic hydroxyl groups excluding tert-OH is 3. The highest BCUT2D eigenvalue weighted by Gasteiger charge is 2.43. The molecule has 5 N–H and O–H groups in total. The molecule has 3 aromatic carbocycles. The molecule has 0 spiro atoms. The van der Waals surface area contributed by atoms with Gasteiger partial charge >= 0.3 is 0 Å². The van der Waals surface area contributed by atoms with Crippen molar-refractivity contribution in [3.8, 4) is 0 Å². The lowest BCUT2D eigenvalue weighted by Gasteiger charge is -2.41. The summed E-state index contributed by atoms with van der Waals surface area (Å²) >= 11 is 0. The van der Waals surface area contributed by atoms with E-state index >= 15 is 0 Å². The van der Waals surface area contributed by atoms with Crippen molar-refractivity contribution in [1.29, 1.82) is 0 Å². The Kier molecular flexibility index (Phi) is 8.32. The van der Waals surface area contributed by atoms with E-state index in [0.29, 0.717) is 0 Å². The third-order valence-electron chi connectivity index (χ3n) is 6.71. The second kappa shape index (κ2) is 11.6. The van der Waals surface area contributed by atoms with Gasteiger partial charge in [-0.05, 0) is 21.9 Å². The van der Waals surface area contributed by atoms with E-state index < -0.39 is 49.0 Å². The van der Waals surface area contributed by atoms with Crippen LogP contribution in [0.15, 0.2) is 72.8 Å². The number of hydrogen-bond donors (Lipinski definition) is 5. The van der Waals surface area contributed by atoms with Gasteiger partial charge in [0.25, 0.3) is 0 Å². The fourth-order valence-corrected chi connectivity index (χ4v) is 4.61. The van der Waals surface area contributed by atoms with E-state index in [0.717, 1.165) is 21.9 Å². The van der Waals surface area contributed by atoms with Gasteiger partial charge in [0.1, 0.15) is 12.1 Å². The molecule has 1 aliphatic heterocycles. The van der Waals surface area contributed by atoms with Gasteiger partial charge in [-0.25, -0.2) is 0 Å². The fourth-order valence-electron chi connectivity index (χ4n) is 4.61. The van der Waals surface area contributed by atoms with Crippen molar-refractivity contribution in [3.05, 3.63) is 83.9 Å². The summed E-state index contributed by atoms with van der Waals surface area (Å²) in [5.41, 5.74) is 1.69. The Labute approximate surface area is 209 Å². The number of hydrogen-bond acceptors (Lipinski definition) is 6. The average molecular weight is 493 g/mol. The summed E-state index contributed by atoms with van der Waals surface area (Å²) in [7, 11) is 0. The molecule has 1 fully saturated rings. The summed E-state index contributed by atoms with van der Waals surface area (Å²) in [4.78, 5) is 26.3. The first-order valence-corrected chi connectivity index (χ1v) is 12.1. The first-order chi connectivity index (χ1) is 17.4. The molecular formula is C28H32N2O6. The Morgan fingerprint density at radius 3 is 2.36 bits per heavy atom. The van der Waals surface area contributed by atoms with E-state index in [9.17, 15) is 24.9 Å². The number of nitrogens with one attached hydrogen (secondary N) is 2. The third-order valence-corrected chi connectivity index (χ3v) is 6.71. The monoisotopic (exact) mass is 492 g/mol. The first kappa shape index (κ1) is 25.8. The Balaban J connectivity index is 1.48. The van der Waals surface area contributed by atoms with Crippen LogP contribution in [-0.2, 0) is 27.2 Å². The van der Waals surface area contributed by atoms with Crippen molar-refractivity contribution in [1.82, 2.24) is 10.6 Å². The summed E-state index contributed by atoms with van der Waals surface area (Å²) < 4.78 is 5.28. The molecule has 0 saturated carbocycles. The number of amides is 2. The lowest BCUT2D eigenvalue weighted by Crippen LogP contribution is -2.62. The Bertz CT molecular complexity index is 1190. The highest BCUT2D eigenvalue weighted by Crippen LogP contribution is 2.25. The van der Waals surface area contributed by atoms with E-state index in [1.54, 1.807) is 6.92 Å². The molecule has 4 rings (SSSR count). The maximum absolute atomic E-state index is 13.3. The molecule has 8 nitrogen and oxygen atoms in total. The van der Waals surface area contributed by atoms with Crippen LogP contribution in [0.3, 0.4) is 0 Å². The number of fused-ring (bicyclic) bond motifs is 1. The SMILES string of the molecule is C[C@H]1[C@H](O)[C@@H](CO)OC(O)[C@@H]1NC(=O)[C@H](Cc1ccccc1)NC(=O)Cc1ccc2ccccc2c1. The molecule has 0 aliphatic carbocycles. The number of carbonyl (C=O) groups excluding carboxylic acids is 2. The number of aliphatic hydroxyl groups is 3. The number of rotatable bonds is 8. The lowest BCUT2D eigenvalue weighted by molar-refractivity contribution is -0.238. The van der Waals surface area contributed by atoms with Crippen LogP contribution in [0.1, 0.15) is 18.1 Å². The van der Waals surface area contributed by atoms with Crippen molar-refractivity contribution in [3.63, 3.8) is 0 Å². The summed E-state index contributed by atoms with van der Waals surface area (Å²) in [5.74, 6) is -1.39. The van der Waals surface area contributed by atoms with Gasteiger partial charge < -0.3 is 30.7 Å². The van der Waals surface area contributed by atoms with Gasteiger partial charge in [-0.3, -0.25) is 9.59 Å². The third kappa shape index (κ3) is 6.09. The second-order valence-electron chi connectivity index (χ2n) is 9.30. The summed E-state index contributed by atoms with van der Waals surface area (Å²) in [5, 5.41) is 37.8. The Morgan fingerprint density at radius 1 is 0.944 bits per heavy atom. The van der Waals surface area contributed by atoms with E-state index in [2.05, 4.69) is 10.6 Å². The maximum Gasteiger partial charge on any atom is 0.243 e. The molecule has 8 heteroatoms. The van der Waals surface area contributed by atoms with E-state index in [1.165, 1.54) is 0 Å². The van der Waals surface area contributed by atoms with E-state index in [4.69, 9.17) is 4.74 Å². The molecule has 2 amide bonds. The Hall–Kier alpha value is -3.30. The van der Waals surface area contributed by atoms with E-state index in [-0.39, 0.29) is 18.7 Å². The predicted octanol–water partition coefficient (Wildman–Crippen LogP) is 1.30. The minimum absolute atomic E-state index is 0.103. The van der Waals surface area contributed by atoms with Crippen LogP contribution in [0.5, 0.6) is 0 Å². The minimum atomic E-state index is -1.41. The molecule has 1 aliphatic rings. The van der Waals surface area contributed by atoms with Gasteiger partial charge in [0, 0.05) is 12.3 Å². The molecule has 190 valence electrons. The summed E-state index contributed by atoms with van der Waals surface area (Å²) in [6.07, 6.45) is -3.07. The van der Waals surface area contributed by atoms with Crippen LogP contribution in [0.25, 0.3) is 10.8 Å². The molecule has 0 radical (unpaired) electrons. The van der Waals surface area contributed by atoms with Crippen molar-refractivity contribution in [2.45, 2.75) is 50.3 Å². The normalized spacial score (nSPS) is 24.7. The van der Waals surface area contributed by atoms with Crippen LogP contribution < -0.4 is 10.6 Å². The molecule has 3 aromatic rings. The maximum atomic E-state index is 13.3. The summed E-state index contributed by atoms with van der Waals surface area (Å²) in [6, 6.07) is 21.2. The van der Waals surface area contributed by atoms with Gasteiger partial charge in [-0.15, -0.1) is 0 Å². The molecule has 0 bridgehead atoms. The summed E-state index contributed by atoms with van der Waals surface area (Å²) in [6.45, 7) is 1.21. The molecule has 6 atom stereocenters. The second-order valence-corrected chi connectivity index (χ2v) is 9.30. The zero-order valence-corrected chi connectivity index (χ0v) is 20.1. The standard InChI is InChI=1S/C28H32N2O6/c1-17-25(28(35)36-23(16-31)26(17)33)30-27(34)22(14-18-7-3-2-4-8-18)29-24(32)15-19-11-12-20-9-5-6-10-21(20)13-19/h2-13,17,22-23,25-26,28,31,33,35H,14-16H2,1H3,(H,29,32)(H,30,34)/t17-,22+,23-,25-,26+,28?/m1/s1. The fraction of sp³-hybridized carbons (Fsp3) is 0.357. The van der Waals surface area contributed by atoms with Crippen molar-refractivity contribution < 1.29 is 29.6 Å². The highest BCUT2D eigenvalue weighted by atomic mass is 16.6. The van der Waals surface area contributed by atoms with Gasteiger partial charge in [0.2, 0.25) is 11.8 Å². The van der Waals surface area contributed by atoms with Gasteiger partial charge in [0.05, 0.1) is 25.2 Å². The van der Waals surface area contributed by atoms with E-state index in [1.807, 2.05) is 72.8 Å². The molecule has 36 heavy (non-hydrogen) atoms. The van der Waals surface area contributed by atoms with Crippen LogP contribution in [0.4, 0.5) is 0 Å². The molecular weight excluding hydrogens is 460 g/mol. The number of carbonyl (C=O) groups is 2. The largest absolute Gasteiger partial charge is 0.394 e. The van der Waals surface area contributed by atoms with Crippen molar-refractivity contribution in [2.24, 2.45) is 5.92 Å². The smallest absolute Gasteiger partial charge is 0.243 e. The zero-order chi connectivity index (χ0) is 25.7. The molecule has 1 saturated heterocycles. The predicted molar refractivity (Wildman–Crippen MR) is 135 cm³/mol. The van der Waals surface area contributed by atoms with Crippen LogP contribution in [0.2, 0.25) is 0 Å². The van der Waals surface area contributed by atoms with Gasteiger partial charge in [-0.2, -0.15) is 0 Å². The molecule has 1 unspecified atom stereocenters. The minimum Gasteiger partial charge on any atom is -0.394 e. The van der Waals surface area contributed by atoms with Crippen LogP contribution in [-0.4, -0.2) is 64.3 Å². The average Bonchev–Trinajstić information content (AvgIpc) is 2.88. The molecule has 1 heterocycles. The lowest BCUT2D eigenvalue weighted by atomic mass is 9.88. The first-order valence-electron chi connectivity index (χ1n) is 12.1. The number of benzene rings is 3. The van der Waals surface area contributed by atoms with Crippen LogP contribution in [0, 0.1) is 5.92 Å². The number of ether oxygens (including phenoxy) is 1.